The van der Waals surface area contributed by atoms with Crippen LogP contribution in [0.1, 0.15) is 18.5 Å². The highest BCUT2D eigenvalue weighted by molar-refractivity contribution is 5.93. The summed E-state index contributed by atoms with van der Waals surface area (Å²) in [4.78, 5) is 12.2. The Bertz CT molecular complexity index is 1150. The lowest BCUT2D eigenvalue weighted by Gasteiger charge is -2.15. The molecule has 0 heterocycles. The van der Waals surface area contributed by atoms with Gasteiger partial charge in [0.2, 0.25) is 0 Å². The SMILES string of the molecule is COc1cccc(OC)c1NC(=O)NCC#C/C=C/CN[C@H](C)c1cccc2ccccc12. The van der Waals surface area contributed by atoms with Crippen LogP contribution in [0.4, 0.5) is 10.5 Å². The first-order valence-electron chi connectivity index (χ1n) is 10.7. The minimum atomic E-state index is -0.387. The molecule has 6 nitrogen and oxygen atoms in total. The van der Waals surface area contributed by atoms with Crippen molar-refractivity contribution >= 4 is 22.5 Å². The number of rotatable bonds is 8. The van der Waals surface area contributed by atoms with E-state index in [0.717, 1.165) is 0 Å². The van der Waals surface area contributed by atoms with E-state index in [4.69, 9.17) is 9.47 Å². The van der Waals surface area contributed by atoms with E-state index in [-0.39, 0.29) is 18.6 Å². The molecule has 0 aliphatic heterocycles. The van der Waals surface area contributed by atoms with Crippen LogP contribution in [0.2, 0.25) is 0 Å². The van der Waals surface area contributed by atoms with Gasteiger partial charge in [0.25, 0.3) is 0 Å². The Balaban J connectivity index is 1.43. The molecule has 0 aliphatic rings. The maximum absolute atomic E-state index is 12.2. The van der Waals surface area contributed by atoms with Gasteiger partial charge in [0.1, 0.15) is 17.2 Å². The van der Waals surface area contributed by atoms with Crippen molar-refractivity contribution in [2.24, 2.45) is 0 Å². The number of anilines is 1. The second kappa shape index (κ2) is 12.2. The van der Waals surface area contributed by atoms with Crippen LogP contribution in [0.15, 0.2) is 72.8 Å². The molecule has 0 saturated carbocycles. The van der Waals surface area contributed by atoms with Gasteiger partial charge in [-0.2, -0.15) is 0 Å². The van der Waals surface area contributed by atoms with Gasteiger partial charge < -0.3 is 25.4 Å². The van der Waals surface area contributed by atoms with E-state index in [1.165, 1.54) is 30.6 Å². The standard InChI is InChI=1S/C27H29N3O3/c1-20(22-15-10-13-21-12-6-7-14-23(21)22)28-18-8-4-5-9-19-29-27(31)30-26-24(32-2)16-11-17-25(26)33-3/h4,6-8,10-17,20,28H,18-19H2,1-3H3,(H2,29,30,31)/b8-4+/t20-/m1/s1. The Morgan fingerprint density at radius 1 is 1.00 bits per heavy atom. The lowest BCUT2D eigenvalue weighted by atomic mass is 10.00. The van der Waals surface area contributed by atoms with E-state index in [1.807, 2.05) is 6.08 Å². The number of hydrogen-bond acceptors (Lipinski definition) is 4. The lowest BCUT2D eigenvalue weighted by Crippen LogP contribution is -2.29. The maximum atomic E-state index is 12.2. The molecule has 2 amide bonds. The van der Waals surface area contributed by atoms with Gasteiger partial charge in [-0.1, -0.05) is 66.4 Å². The number of para-hydroxylation sites is 1. The number of amides is 2. The quantitative estimate of drug-likeness (QED) is 0.434. The molecule has 0 unspecified atom stereocenters. The molecule has 0 fully saturated rings. The van der Waals surface area contributed by atoms with Gasteiger partial charge in [0.05, 0.1) is 20.8 Å². The Kier molecular flexibility index (Phi) is 8.75. The molecular formula is C27H29N3O3. The van der Waals surface area contributed by atoms with Crippen molar-refractivity contribution in [1.82, 2.24) is 10.6 Å². The molecular weight excluding hydrogens is 414 g/mol. The summed E-state index contributed by atoms with van der Waals surface area (Å²) in [7, 11) is 3.07. The Morgan fingerprint density at radius 3 is 2.45 bits per heavy atom. The third-order valence-electron chi connectivity index (χ3n) is 5.14. The zero-order valence-electron chi connectivity index (χ0n) is 19.1. The number of benzene rings is 3. The Hall–Kier alpha value is -3.95. The molecule has 6 heteroatoms. The number of fused-ring (bicyclic) bond motifs is 1. The monoisotopic (exact) mass is 443 g/mol. The zero-order valence-corrected chi connectivity index (χ0v) is 19.1. The van der Waals surface area contributed by atoms with Gasteiger partial charge in [-0.15, -0.1) is 0 Å². The molecule has 3 rings (SSSR count). The summed E-state index contributed by atoms with van der Waals surface area (Å²) in [5.41, 5.74) is 1.74. The number of hydrogen-bond donors (Lipinski definition) is 3. The predicted molar refractivity (Wildman–Crippen MR) is 134 cm³/mol. The Morgan fingerprint density at radius 2 is 1.70 bits per heavy atom. The number of methoxy groups -OCH3 is 2. The van der Waals surface area contributed by atoms with Crippen molar-refractivity contribution in [1.29, 1.82) is 0 Å². The van der Waals surface area contributed by atoms with Gasteiger partial charge in [0, 0.05) is 12.6 Å². The number of nitrogens with one attached hydrogen (secondary N) is 3. The fourth-order valence-corrected chi connectivity index (χ4v) is 3.47. The van der Waals surface area contributed by atoms with Gasteiger partial charge in [-0.25, -0.2) is 4.79 Å². The van der Waals surface area contributed by atoms with Gasteiger partial charge in [-0.3, -0.25) is 0 Å². The number of carbonyl (C=O) groups is 1. The highest BCUT2D eigenvalue weighted by Crippen LogP contribution is 2.33. The first kappa shape index (κ1) is 23.7. The van der Waals surface area contributed by atoms with Gasteiger partial charge in [0.15, 0.2) is 0 Å². The molecule has 0 spiro atoms. The van der Waals surface area contributed by atoms with Crippen molar-refractivity contribution in [2.45, 2.75) is 13.0 Å². The molecule has 0 bridgehead atoms. The molecule has 3 aromatic rings. The number of ether oxygens (including phenoxy) is 2. The average molecular weight is 444 g/mol. The molecule has 0 saturated heterocycles. The molecule has 33 heavy (non-hydrogen) atoms. The number of allylic oxidation sites excluding steroid dienone is 1. The van der Waals surface area contributed by atoms with Crippen molar-refractivity contribution in [3.8, 4) is 23.3 Å². The zero-order chi connectivity index (χ0) is 23.5. The highest BCUT2D eigenvalue weighted by Gasteiger charge is 2.12. The van der Waals surface area contributed by atoms with Crippen LogP contribution in [0.5, 0.6) is 11.5 Å². The molecule has 0 aromatic heterocycles. The first-order valence-corrected chi connectivity index (χ1v) is 10.7. The minimum absolute atomic E-state index is 0.214. The summed E-state index contributed by atoms with van der Waals surface area (Å²) in [5, 5.41) is 11.4. The van der Waals surface area contributed by atoms with Crippen molar-refractivity contribution in [3.05, 3.63) is 78.4 Å². The van der Waals surface area contributed by atoms with Crippen LogP contribution in [0.3, 0.4) is 0 Å². The van der Waals surface area contributed by atoms with Crippen molar-refractivity contribution in [3.63, 3.8) is 0 Å². The van der Waals surface area contributed by atoms with Crippen LogP contribution in [-0.2, 0) is 0 Å². The fraction of sp³-hybridized carbons (Fsp3) is 0.222. The van der Waals surface area contributed by atoms with E-state index >= 15 is 0 Å². The van der Waals surface area contributed by atoms with Crippen molar-refractivity contribution < 1.29 is 14.3 Å². The van der Waals surface area contributed by atoms with Crippen LogP contribution >= 0.6 is 0 Å². The van der Waals surface area contributed by atoms with Crippen LogP contribution < -0.4 is 25.4 Å². The third kappa shape index (κ3) is 6.52. The van der Waals surface area contributed by atoms with Gasteiger partial charge in [-0.05, 0) is 41.5 Å². The molecule has 3 aromatic carbocycles. The Labute approximate surface area is 195 Å². The van der Waals surface area contributed by atoms with Crippen LogP contribution in [-0.4, -0.2) is 33.3 Å². The van der Waals surface area contributed by atoms with E-state index < -0.39 is 0 Å². The third-order valence-corrected chi connectivity index (χ3v) is 5.14. The predicted octanol–water partition coefficient (Wildman–Crippen LogP) is 4.89. The summed E-state index contributed by atoms with van der Waals surface area (Å²) >= 11 is 0. The summed E-state index contributed by atoms with van der Waals surface area (Å²) < 4.78 is 10.5. The summed E-state index contributed by atoms with van der Waals surface area (Å²) in [5.74, 6) is 6.87. The molecule has 170 valence electrons. The minimum Gasteiger partial charge on any atom is -0.494 e. The maximum Gasteiger partial charge on any atom is 0.320 e. The first-order chi connectivity index (χ1) is 16.1. The summed E-state index contributed by atoms with van der Waals surface area (Å²) in [6.45, 7) is 3.06. The summed E-state index contributed by atoms with van der Waals surface area (Å²) in [6, 6.07) is 19.9. The highest BCUT2D eigenvalue weighted by atomic mass is 16.5. The van der Waals surface area contributed by atoms with E-state index in [2.05, 4.69) is 77.2 Å². The second-order valence-corrected chi connectivity index (χ2v) is 7.27. The van der Waals surface area contributed by atoms with E-state index in [1.54, 1.807) is 24.3 Å². The topological polar surface area (TPSA) is 71.6 Å². The second-order valence-electron chi connectivity index (χ2n) is 7.27. The van der Waals surface area contributed by atoms with Crippen molar-refractivity contribution in [2.75, 3.05) is 32.6 Å². The molecule has 0 aliphatic carbocycles. The largest absolute Gasteiger partial charge is 0.494 e. The normalized spacial score (nSPS) is 11.5. The molecule has 1 atom stereocenters. The number of urea groups is 1. The van der Waals surface area contributed by atoms with Crippen LogP contribution in [0.25, 0.3) is 10.8 Å². The smallest absolute Gasteiger partial charge is 0.320 e. The lowest BCUT2D eigenvalue weighted by molar-refractivity contribution is 0.253. The van der Waals surface area contributed by atoms with Crippen LogP contribution in [0, 0.1) is 11.8 Å². The summed E-state index contributed by atoms with van der Waals surface area (Å²) in [6.07, 6.45) is 3.75. The molecule has 0 radical (unpaired) electrons. The average Bonchev–Trinajstić information content (AvgIpc) is 2.85. The van der Waals surface area contributed by atoms with Gasteiger partial charge >= 0.3 is 6.03 Å². The van der Waals surface area contributed by atoms with E-state index in [9.17, 15) is 4.79 Å². The number of carbonyl (C=O) groups excluding carboxylic acids is 1. The van der Waals surface area contributed by atoms with E-state index in [0.29, 0.717) is 23.7 Å². The molecule has 3 N–H and O–H groups in total. The fourth-order valence-electron chi connectivity index (χ4n) is 3.47.